The van der Waals surface area contributed by atoms with Crippen molar-refractivity contribution >= 4 is 5.97 Å². The standard InChI is InChI=1S/C22H18F6N2O2/c1-2-3-4-12-10-29-20(30-11-12)13-5-6-15(16(23)7-13)21(31)32-14-8-17(24)19(18(25)9-14)22(26,27)28/h5-8,10-11,14H,2-4,9H2,1H3. The van der Waals surface area contributed by atoms with Gasteiger partial charge in [0.1, 0.15) is 29.1 Å². The van der Waals surface area contributed by atoms with Crippen LogP contribution in [0.3, 0.4) is 0 Å². The minimum atomic E-state index is -5.22. The molecule has 4 nitrogen and oxygen atoms in total. The molecule has 1 atom stereocenters. The number of carbonyl (C=O) groups excluding carboxylic acids is 1. The van der Waals surface area contributed by atoms with Crippen molar-refractivity contribution in [3.05, 3.63) is 70.8 Å². The minimum absolute atomic E-state index is 0.230. The Morgan fingerprint density at radius 1 is 1.16 bits per heavy atom. The molecule has 1 aliphatic carbocycles. The van der Waals surface area contributed by atoms with E-state index in [0.717, 1.165) is 37.0 Å². The second-order valence-corrected chi connectivity index (χ2v) is 7.15. The van der Waals surface area contributed by atoms with Crippen LogP contribution in [0, 0.1) is 5.82 Å². The first-order chi connectivity index (χ1) is 15.1. The van der Waals surface area contributed by atoms with E-state index in [4.69, 9.17) is 4.74 Å². The molecular formula is C22H18F6N2O2. The average molecular weight is 456 g/mol. The molecule has 0 amide bonds. The highest BCUT2D eigenvalue weighted by molar-refractivity contribution is 5.90. The first-order valence-corrected chi connectivity index (χ1v) is 9.75. The predicted molar refractivity (Wildman–Crippen MR) is 103 cm³/mol. The van der Waals surface area contributed by atoms with Crippen LogP contribution in [-0.4, -0.2) is 28.2 Å². The number of carbonyl (C=O) groups is 1. The summed E-state index contributed by atoms with van der Waals surface area (Å²) in [6.07, 6.45) is -1.49. The molecule has 1 aliphatic rings. The number of benzene rings is 1. The molecule has 0 bridgehead atoms. The van der Waals surface area contributed by atoms with Gasteiger partial charge in [-0.05, 0) is 36.6 Å². The molecule has 170 valence electrons. The molecule has 2 aromatic rings. The number of esters is 1. The Morgan fingerprint density at radius 2 is 1.84 bits per heavy atom. The zero-order valence-electron chi connectivity index (χ0n) is 16.8. The summed E-state index contributed by atoms with van der Waals surface area (Å²) in [4.78, 5) is 20.6. The summed E-state index contributed by atoms with van der Waals surface area (Å²) >= 11 is 0. The number of allylic oxidation sites excluding steroid dienone is 2. The van der Waals surface area contributed by atoms with E-state index < -0.39 is 53.3 Å². The number of aromatic nitrogens is 2. The molecule has 0 N–H and O–H groups in total. The van der Waals surface area contributed by atoms with E-state index in [1.165, 1.54) is 6.07 Å². The Labute approximate surface area is 179 Å². The smallest absolute Gasteiger partial charge is 0.421 e. The molecule has 10 heteroatoms. The van der Waals surface area contributed by atoms with Gasteiger partial charge in [-0.1, -0.05) is 19.4 Å². The van der Waals surface area contributed by atoms with Gasteiger partial charge >= 0.3 is 12.1 Å². The number of alkyl halides is 3. The molecule has 0 saturated heterocycles. The van der Waals surface area contributed by atoms with Gasteiger partial charge in [0.15, 0.2) is 5.82 Å². The number of aryl methyl sites for hydroxylation is 1. The van der Waals surface area contributed by atoms with Crippen molar-refractivity contribution in [2.24, 2.45) is 0 Å². The molecule has 0 saturated carbocycles. The molecule has 0 spiro atoms. The molecule has 1 unspecified atom stereocenters. The van der Waals surface area contributed by atoms with Gasteiger partial charge in [0.05, 0.1) is 5.56 Å². The number of unbranched alkanes of at least 4 members (excludes halogenated alkanes) is 1. The van der Waals surface area contributed by atoms with E-state index >= 15 is 0 Å². The quantitative estimate of drug-likeness (QED) is 0.384. The lowest BCUT2D eigenvalue weighted by Gasteiger charge is -2.21. The predicted octanol–water partition coefficient (Wildman–Crippen LogP) is 6.19. The SMILES string of the molecule is CCCCc1cnc(-c2ccc(C(=O)OC3C=C(F)C(C(F)(F)F)=C(F)C3)c(F)c2)nc1. The number of hydrogen-bond acceptors (Lipinski definition) is 4. The maximum Gasteiger partial charge on any atom is 0.421 e. The maximum atomic E-state index is 14.5. The Hall–Kier alpha value is -3.17. The van der Waals surface area contributed by atoms with Gasteiger partial charge < -0.3 is 4.74 Å². The van der Waals surface area contributed by atoms with Crippen molar-refractivity contribution in [2.45, 2.75) is 44.9 Å². The van der Waals surface area contributed by atoms with Gasteiger partial charge in [0, 0.05) is 24.4 Å². The highest BCUT2D eigenvalue weighted by atomic mass is 19.4. The van der Waals surface area contributed by atoms with Gasteiger partial charge in [-0.2, -0.15) is 13.2 Å². The fourth-order valence-electron chi connectivity index (χ4n) is 3.11. The maximum absolute atomic E-state index is 14.5. The molecule has 3 rings (SSSR count). The van der Waals surface area contributed by atoms with E-state index in [-0.39, 0.29) is 11.4 Å². The number of ether oxygens (including phenoxy) is 1. The highest BCUT2D eigenvalue weighted by Crippen LogP contribution is 2.40. The zero-order valence-corrected chi connectivity index (χ0v) is 16.8. The summed E-state index contributed by atoms with van der Waals surface area (Å²) in [7, 11) is 0. The van der Waals surface area contributed by atoms with Crippen molar-refractivity contribution in [2.75, 3.05) is 0 Å². The van der Waals surface area contributed by atoms with E-state index in [1.54, 1.807) is 12.4 Å². The molecule has 1 aromatic heterocycles. The Bertz CT molecular complexity index is 1060. The monoisotopic (exact) mass is 456 g/mol. The topological polar surface area (TPSA) is 52.1 Å². The Balaban J connectivity index is 1.72. The van der Waals surface area contributed by atoms with Crippen molar-refractivity contribution < 1.29 is 35.9 Å². The summed E-state index contributed by atoms with van der Waals surface area (Å²) in [6.45, 7) is 2.05. The molecule has 32 heavy (non-hydrogen) atoms. The van der Waals surface area contributed by atoms with Gasteiger partial charge in [-0.15, -0.1) is 0 Å². The molecule has 0 radical (unpaired) electrons. The van der Waals surface area contributed by atoms with Gasteiger partial charge in [-0.3, -0.25) is 0 Å². The Morgan fingerprint density at radius 3 is 2.41 bits per heavy atom. The first kappa shape index (κ1) is 23.5. The van der Waals surface area contributed by atoms with E-state index in [1.807, 2.05) is 0 Å². The van der Waals surface area contributed by atoms with Crippen LogP contribution in [0.1, 0.15) is 42.1 Å². The van der Waals surface area contributed by atoms with Gasteiger partial charge in [0.2, 0.25) is 0 Å². The van der Waals surface area contributed by atoms with Gasteiger partial charge in [-0.25, -0.2) is 27.9 Å². The third kappa shape index (κ3) is 5.35. The number of nitrogens with zero attached hydrogens (tertiary/aromatic N) is 2. The lowest BCUT2D eigenvalue weighted by Crippen LogP contribution is -2.24. The van der Waals surface area contributed by atoms with Crippen LogP contribution in [0.25, 0.3) is 11.4 Å². The van der Waals surface area contributed by atoms with Crippen LogP contribution in [0.2, 0.25) is 0 Å². The fourth-order valence-corrected chi connectivity index (χ4v) is 3.11. The lowest BCUT2D eigenvalue weighted by atomic mass is 10.0. The second kappa shape index (κ2) is 9.54. The third-order valence-electron chi connectivity index (χ3n) is 4.74. The van der Waals surface area contributed by atoms with Crippen molar-refractivity contribution in [1.82, 2.24) is 9.97 Å². The fraction of sp³-hybridized carbons (Fsp3) is 0.318. The van der Waals surface area contributed by atoms with E-state index in [0.29, 0.717) is 6.08 Å². The van der Waals surface area contributed by atoms with E-state index in [2.05, 4.69) is 16.9 Å². The highest BCUT2D eigenvalue weighted by Gasteiger charge is 2.43. The van der Waals surface area contributed by atoms with Crippen LogP contribution in [-0.2, 0) is 11.2 Å². The summed E-state index contributed by atoms with van der Waals surface area (Å²) in [5, 5.41) is 0. The lowest BCUT2D eigenvalue weighted by molar-refractivity contribution is -0.0940. The average Bonchev–Trinajstić information content (AvgIpc) is 2.70. The largest absolute Gasteiger partial charge is 0.454 e. The molecule has 0 aliphatic heterocycles. The third-order valence-corrected chi connectivity index (χ3v) is 4.74. The van der Waals surface area contributed by atoms with Crippen LogP contribution < -0.4 is 0 Å². The van der Waals surface area contributed by atoms with Crippen molar-refractivity contribution in [1.29, 1.82) is 0 Å². The minimum Gasteiger partial charge on any atom is -0.454 e. The summed E-state index contributed by atoms with van der Waals surface area (Å²) in [6, 6.07) is 3.44. The zero-order chi connectivity index (χ0) is 23.5. The summed E-state index contributed by atoms with van der Waals surface area (Å²) < 4.78 is 84.6. The van der Waals surface area contributed by atoms with Crippen LogP contribution in [0.15, 0.2) is 53.9 Å². The molecular weight excluding hydrogens is 438 g/mol. The van der Waals surface area contributed by atoms with Crippen molar-refractivity contribution in [3.63, 3.8) is 0 Å². The molecule has 1 aromatic carbocycles. The van der Waals surface area contributed by atoms with Crippen LogP contribution >= 0.6 is 0 Å². The van der Waals surface area contributed by atoms with Crippen molar-refractivity contribution in [3.8, 4) is 11.4 Å². The molecule has 0 fully saturated rings. The van der Waals surface area contributed by atoms with Gasteiger partial charge in [0.25, 0.3) is 0 Å². The van der Waals surface area contributed by atoms with Crippen LogP contribution in [0.5, 0.6) is 0 Å². The Kier molecular flexibility index (Phi) is 7.00. The normalized spacial score (nSPS) is 16.7. The number of hydrogen-bond donors (Lipinski definition) is 0. The van der Waals surface area contributed by atoms with Crippen LogP contribution in [0.4, 0.5) is 26.3 Å². The second-order valence-electron chi connectivity index (χ2n) is 7.15. The number of rotatable bonds is 6. The summed E-state index contributed by atoms with van der Waals surface area (Å²) in [5.41, 5.74) is -1.37. The first-order valence-electron chi connectivity index (χ1n) is 9.75. The summed E-state index contributed by atoms with van der Waals surface area (Å²) in [5.74, 6) is -5.74. The number of halogens is 6. The van der Waals surface area contributed by atoms with E-state index in [9.17, 15) is 31.1 Å². The molecule has 1 heterocycles.